The largest absolute Gasteiger partial charge is 0.467 e. The summed E-state index contributed by atoms with van der Waals surface area (Å²) < 4.78 is 9.99. The lowest BCUT2D eigenvalue weighted by Gasteiger charge is -2.22. The zero-order chi connectivity index (χ0) is 21.4. The van der Waals surface area contributed by atoms with Crippen molar-refractivity contribution < 1.29 is 23.5 Å². The Hall–Kier alpha value is -2.60. The van der Waals surface area contributed by atoms with Crippen LogP contribution in [0.4, 0.5) is 0 Å². The number of ether oxygens (including phenoxy) is 1. The number of amides is 1. The third-order valence-corrected chi connectivity index (χ3v) is 4.69. The summed E-state index contributed by atoms with van der Waals surface area (Å²) in [6.07, 6.45) is 0.723. The number of halogens is 1. The Bertz CT molecular complexity index is 831. The molecule has 0 aliphatic heterocycles. The number of furan rings is 1. The van der Waals surface area contributed by atoms with Gasteiger partial charge in [-0.2, -0.15) is 0 Å². The number of carbonyl (C=O) groups is 3. The number of methoxy groups -OCH3 is 1. The smallest absolute Gasteiger partial charge is 0.328 e. The van der Waals surface area contributed by atoms with E-state index in [9.17, 15) is 14.4 Å². The quantitative estimate of drug-likeness (QED) is 0.463. The third kappa shape index (κ3) is 7.06. The lowest BCUT2D eigenvalue weighted by atomic mass is 9.92. The molecule has 1 aromatic carbocycles. The van der Waals surface area contributed by atoms with Crippen LogP contribution >= 0.6 is 11.6 Å². The van der Waals surface area contributed by atoms with Crippen molar-refractivity contribution in [1.82, 2.24) is 5.32 Å². The fourth-order valence-electron chi connectivity index (χ4n) is 3.06. The first-order valence-corrected chi connectivity index (χ1v) is 9.88. The Balaban J connectivity index is 2.19. The molecule has 1 aromatic heterocycles. The minimum atomic E-state index is -0.765. The van der Waals surface area contributed by atoms with Crippen molar-refractivity contribution in [3.05, 3.63) is 59.0 Å². The van der Waals surface area contributed by atoms with E-state index in [1.54, 1.807) is 0 Å². The van der Waals surface area contributed by atoms with Crippen LogP contribution in [0.3, 0.4) is 0 Å². The molecule has 29 heavy (non-hydrogen) atoms. The van der Waals surface area contributed by atoms with Gasteiger partial charge in [0.2, 0.25) is 5.91 Å². The molecule has 1 heterocycles. The normalized spacial score (nSPS) is 13.0. The molecular weight excluding hydrogens is 394 g/mol. The zero-order valence-electron chi connectivity index (χ0n) is 16.8. The standard InChI is InChI=1S/C22H26ClNO5/c1-14(2)11-17(22(27)28-3)24-21(26)16(12-15-7-5-4-6-8-15)13-18(25)19-9-10-20(23)29-19/h4-10,14,16-17H,11-13H2,1-3H3,(H,24,26)/t16-,17+/m1/s1. The van der Waals surface area contributed by atoms with Crippen LogP contribution < -0.4 is 5.32 Å². The number of benzene rings is 1. The van der Waals surface area contributed by atoms with Gasteiger partial charge in [-0.25, -0.2) is 4.79 Å². The SMILES string of the molecule is COC(=O)[C@H](CC(C)C)NC(=O)[C@@H](CC(=O)c1ccc(Cl)o1)Cc1ccccc1. The maximum Gasteiger partial charge on any atom is 0.328 e. The van der Waals surface area contributed by atoms with Gasteiger partial charge in [-0.05, 0) is 48.1 Å². The molecule has 7 heteroatoms. The number of rotatable bonds is 10. The number of esters is 1. The van der Waals surface area contributed by atoms with Gasteiger partial charge in [-0.15, -0.1) is 0 Å². The summed E-state index contributed by atoms with van der Waals surface area (Å²) >= 11 is 5.75. The van der Waals surface area contributed by atoms with Gasteiger partial charge in [0.05, 0.1) is 7.11 Å². The molecule has 2 aromatic rings. The number of carbonyl (C=O) groups excluding carboxylic acids is 3. The first-order valence-electron chi connectivity index (χ1n) is 9.50. The topological polar surface area (TPSA) is 85.6 Å². The van der Waals surface area contributed by atoms with E-state index in [0.717, 1.165) is 5.56 Å². The van der Waals surface area contributed by atoms with Gasteiger partial charge in [0.25, 0.3) is 0 Å². The molecule has 6 nitrogen and oxygen atoms in total. The number of nitrogens with one attached hydrogen (secondary N) is 1. The number of hydrogen-bond acceptors (Lipinski definition) is 5. The van der Waals surface area contributed by atoms with Crippen LogP contribution in [-0.4, -0.2) is 30.8 Å². The summed E-state index contributed by atoms with van der Waals surface area (Å²) in [5.74, 6) is -1.60. The average Bonchev–Trinajstić information content (AvgIpc) is 3.13. The first kappa shape index (κ1) is 22.7. The summed E-state index contributed by atoms with van der Waals surface area (Å²) in [5, 5.41) is 2.87. The molecule has 0 fully saturated rings. The van der Waals surface area contributed by atoms with Crippen LogP contribution in [0.25, 0.3) is 0 Å². The summed E-state index contributed by atoms with van der Waals surface area (Å²) in [5.41, 5.74) is 0.913. The minimum absolute atomic E-state index is 0.0693. The molecule has 156 valence electrons. The van der Waals surface area contributed by atoms with Crippen LogP contribution in [0.2, 0.25) is 5.22 Å². The van der Waals surface area contributed by atoms with Gasteiger partial charge in [0.1, 0.15) is 6.04 Å². The van der Waals surface area contributed by atoms with Crippen LogP contribution in [0, 0.1) is 11.8 Å². The highest BCUT2D eigenvalue weighted by Crippen LogP contribution is 2.20. The highest BCUT2D eigenvalue weighted by Gasteiger charge is 2.29. The first-order chi connectivity index (χ1) is 13.8. The zero-order valence-corrected chi connectivity index (χ0v) is 17.6. The Labute approximate surface area is 175 Å². The molecule has 0 saturated heterocycles. The molecule has 0 aliphatic carbocycles. The Morgan fingerprint density at radius 3 is 2.34 bits per heavy atom. The van der Waals surface area contributed by atoms with Gasteiger partial charge in [0.15, 0.2) is 16.8 Å². The molecule has 0 radical (unpaired) electrons. The lowest BCUT2D eigenvalue weighted by Crippen LogP contribution is -2.45. The minimum Gasteiger partial charge on any atom is -0.467 e. The van der Waals surface area contributed by atoms with Crippen LogP contribution in [0.1, 0.15) is 42.8 Å². The van der Waals surface area contributed by atoms with Crippen molar-refractivity contribution in [2.45, 2.75) is 39.2 Å². The van der Waals surface area contributed by atoms with E-state index in [2.05, 4.69) is 5.32 Å². The molecule has 0 bridgehead atoms. The molecule has 0 unspecified atom stereocenters. The van der Waals surface area contributed by atoms with E-state index in [-0.39, 0.29) is 35.0 Å². The predicted octanol–water partition coefficient (Wildman–Crippen LogP) is 4.07. The van der Waals surface area contributed by atoms with E-state index in [4.69, 9.17) is 20.8 Å². The summed E-state index contributed by atoms with van der Waals surface area (Å²) in [7, 11) is 1.29. The van der Waals surface area contributed by atoms with Crippen molar-refractivity contribution in [3.8, 4) is 0 Å². The van der Waals surface area contributed by atoms with Crippen molar-refractivity contribution in [1.29, 1.82) is 0 Å². The van der Waals surface area contributed by atoms with E-state index < -0.39 is 17.9 Å². The van der Waals surface area contributed by atoms with Crippen LogP contribution in [0.15, 0.2) is 46.9 Å². The Morgan fingerprint density at radius 1 is 1.10 bits per heavy atom. The second kappa shape index (κ2) is 10.8. The van der Waals surface area contributed by atoms with Crippen molar-refractivity contribution in [3.63, 3.8) is 0 Å². The monoisotopic (exact) mass is 419 g/mol. The van der Waals surface area contributed by atoms with Crippen molar-refractivity contribution in [2.75, 3.05) is 7.11 Å². The maximum absolute atomic E-state index is 13.0. The molecule has 2 rings (SSSR count). The molecule has 2 atom stereocenters. The highest BCUT2D eigenvalue weighted by molar-refractivity contribution is 6.29. The molecule has 1 amide bonds. The predicted molar refractivity (Wildman–Crippen MR) is 110 cm³/mol. The molecule has 0 spiro atoms. The molecule has 1 N–H and O–H groups in total. The van der Waals surface area contributed by atoms with E-state index in [0.29, 0.717) is 12.8 Å². The lowest BCUT2D eigenvalue weighted by molar-refractivity contribution is -0.146. The summed E-state index contributed by atoms with van der Waals surface area (Å²) in [6.45, 7) is 3.90. The highest BCUT2D eigenvalue weighted by atomic mass is 35.5. The van der Waals surface area contributed by atoms with Crippen molar-refractivity contribution >= 4 is 29.3 Å². The average molecular weight is 420 g/mol. The molecule has 0 aliphatic rings. The van der Waals surface area contributed by atoms with Crippen LogP contribution in [0.5, 0.6) is 0 Å². The van der Waals surface area contributed by atoms with Gasteiger partial charge < -0.3 is 14.5 Å². The molecular formula is C22H26ClNO5. The number of ketones is 1. The summed E-state index contributed by atoms with van der Waals surface area (Å²) in [6, 6.07) is 11.6. The number of hydrogen-bond donors (Lipinski definition) is 1. The van der Waals surface area contributed by atoms with E-state index in [1.165, 1.54) is 19.2 Å². The second-order valence-electron chi connectivity index (χ2n) is 7.33. The van der Waals surface area contributed by atoms with E-state index in [1.807, 2.05) is 44.2 Å². The van der Waals surface area contributed by atoms with Crippen molar-refractivity contribution in [2.24, 2.45) is 11.8 Å². The number of Topliss-reactive ketones (excluding diaryl/α,β-unsaturated/α-hetero) is 1. The summed E-state index contributed by atoms with van der Waals surface area (Å²) in [4.78, 5) is 37.7. The van der Waals surface area contributed by atoms with Gasteiger partial charge in [-0.3, -0.25) is 9.59 Å². The Morgan fingerprint density at radius 2 is 1.79 bits per heavy atom. The fraction of sp³-hybridized carbons (Fsp3) is 0.409. The van der Waals surface area contributed by atoms with E-state index >= 15 is 0 Å². The maximum atomic E-state index is 13.0. The van der Waals surface area contributed by atoms with Crippen LogP contribution in [-0.2, 0) is 20.7 Å². The van der Waals surface area contributed by atoms with Gasteiger partial charge in [-0.1, -0.05) is 44.2 Å². The van der Waals surface area contributed by atoms with Gasteiger partial charge >= 0.3 is 5.97 Å². The fourth-order valence-corrected chi connectivity index (χ4v) is 3.21. The van der Waals surface area contributed by atoms with Gasteiger partial charge in [0, 0.05) is 12.3 Å². The second-order valence-corrected chi connectivity index (χ2v) is 7.70. The molecule has 0 saturated carbocycles. The Kier molecular flexibility index (Phi) is 8.46. The third-order valence-electron chi connectivity index (χ3n) is 4.48.